The smallest absolute Gasteiger partial charge is 0.227 e. The van der Waals surface area contributed by atoms with Crippen LogP contribution in [0.25, 0.3) is 0 Å². The first kappa shape index (κ1) is 16.8. The highest BCUT2D eigenvalue weighted by atomic mass is 16.5. The molecule has 1 saturated heterocycles. The van der Waals surface area contributed by atoms with Crippen LogP contribution in [0.5, 0.6) is 5.75 Å². The lowest BCUT2D eigenvalue weighted by atomic mass is 10.1. The Balaban J connectivity index is 1.51. The molecule has 2 heterocycles. The zero-order valence-electron chi connectivity index (χ0n) is 14.6. The number of piperazine rings is 1. The van der Waals surface area contributed by atoms with Crippen molar-refractivity contribution in [3.8, 4) is 5.75 Å². The van der Waals surface area contributed by atoms with Crippen LogP contribution in [0.2, 0.25) is 0 Å². The summed E-state index contributed by atoms with van der Waals surface area (Å²) in [6.45, 7) is 7.41. The first-order valence-electron chi connectivity index (χ1n) is 8.83. The highest BCUT2D eigenvalue weighted by molar-refractivity contribution is 5.80. The molecule has 0 bridgehead atoms. The predicted molar refractivity (Wildman–Crippen MR) is 92.0 cm³/mol. The zero-order chi connectivity index (χ0) is 17.1. The van der Waals surface area contributed by atoms with Crippen LogP contribution in [0.4, 0.5) is 0 Å². The van der Waals surface area contributed by atoms with Crippen molar-refractivity contribution in [3.05, 3.63) is 29.3 Å². The van der Waals surface area contributed by atoms with Gasteiger partial charge in [0, 0.05) is 39.0 Å². The summed E-state index contributed by atoms with van der Waals surface area (Å²) in [6.07, 6.45) is 1.94. The minimum atomic E-state index is 0.143. The summed E-state index contributed by atoms with van der Waals surface area (Å²) in [4.78, 5) is 28.4. The van der Waals surface area contributed by atoms with Crippen molar-refractivity contribution in [3.63, 3.8) is 0 Å². The summed E-state index contributed by atoms with van der Waals surface area (Å²) in [5, 5.41) is 0. The second-order valence-electron chi connectivity index (χ2n) is 7.08. The number of hydrogen-bond donors (Lipinski definition) is 0. The Labute approximate surface area is 143 Å². The van der Waals surface area contributed by atoms with Gasteiger partial charge in [-0.05, 0) is 23.1 Å². The zero-order valence-corrected chi connectivity index (χ0v) is 14.6. The van der Waals surface area contributed by atoms with Gasteiger partial charge in [-0.25, -0.2) is 0 Å². The van der Waals surface area contributed by atoms with Crippen molar-refractivity contribution < 1.29 is 14.3 Å². The predicted octanol–water partition coefficient (Wildman–Crippen LogP) is 1.88. The monoisotopic (exact) mass is 330 g/mol. The van der Waals surface area contributed by atoms with Crippen LogP contribution >= 0.6 is 0 Å². The molecule has 3 rings (SSSR count). The molecule has 0 radical (unpaired) electrons. The van der Waals surface area contributed by atoms with E-state index >= 15 is 0 Å². The third kappa shape index (κ3) is 3.89. The fourth-order valence-electron chi connectivity index (χ4n) is 3.32. The first-order chi connectivity index (χ1) is 11.5. The standard InChI is InChI=1S/C19H26N2O3/c1-14(2)11-18(22)20-6-8-21(9-7-20)19(23)13-15-3-4-17-16(12-15)5-10-24-17/h3-4,12,14H,5-11,13H2,1-2H3. The number of rotatable bonds is 4. The molecule has 0 unspecified atom stereocenters. The molecule has 2 aliphatic heterocycles. The Morgan fingerprint density at radius 3 is 2.42 bits per heavy atom. The minimum absolute atomic E-state index is 0.143. The van der Waals surface area contributed by atoms with Crippen molar-refractivity contribution >= 4 is 11.8 Å². The maximum Gasteiger partial charge on any atom is 0.227 e. The second kappa shape index (κ2) is 7.24. The lowest BCUT2D eigenvalue weighted by Gasteiger charge is -2.35. The molecule has 0 N–H and O–H groups in total. The molecule has 0 aromatic heterocycles. The van der Waals surface area contributed by atoms with Gasteiger partial charge in [0.05, 0.1) is 13.0 Å². The maximum absolute atomic E-state index is 12.5. The van der Waals surface area contributed by atoms with E-state index in [2.05, 4.69) is 19.9 Å². The summed E-state index contributed by atoms with van der Waals surface area (Å²) < 4.78 is 5.50. The van der Waals surface area contributed by atoms with E-state index in [9.17, 15) is 9.59 Å². The number of ether oxygens (including phenoxy) is 1. The van der Waals surface area contributed by atoms with Gasteiger partial charge < -0.3 is 14.5 Å². The van der Waals surface area contributed by atoms with E-state index in [1.165, 1.54) is 5.56 Å². The van der Waals surface area contributed by atoms with Gasteiger partial charge in [-0.2, -0.15) is 0 Å². The minimum Gasteiger partial charge on any atom is -0.493 e. The molecule has 5 heteroatoms. The molecule has 1 aromatic carbocycles. The topological polar surface area (TPSA) is 49.9 Å². The summed E-state index contributed by atoms with van der Waals surface area (Å²) in [6, 6.07) is 6.03. The lowest BCUT2D eigenvalue weighted by Crippen LogP contribution is -2.51. The molecule has 24 heavy (non-hydrogen) atoms. The Morgan fingerprint density at radius 2 is 1.75 bits per heavy atom. The SMILES string of the molecule is CC(C)CC(=O)N1CCN(C(=O)Cc2ccc3c(c2)CCO3)CC1. The summed E-state index contributed by atoms with van der Waals surface area (Å²) in [7, 11) is 0. The Morgan fingerprint density at radius 1 is 1.08 bits per heavy atom. The number of nitrogens with zero attached hydrogens (tertiary/aromatic N) is 2. The van der Waals surface area contributed by atoms with E-state index in [0.29, 0.717) is 44.9 Å². The molecule has 5 nitrogen and oxygen atoms in total. The summed E-state index contributed by atoms with van der Waals surface area (Å²) >= 11 is 0. The molecular formula is C19H26N2O3. The van der Waals surface area contributed by atoms with E-state index in [1.54, 1.807) is 0 Å². The highest BCUT2D eigenvalue weighted by Crippen LogP contribution is 2.26. The van der Waals surface area contributed by atoms with Crippen molar-refractivity contribution in [1.29, 1.82) is 0 Å². The number of amides is 2. The van der Waals surface area contributed by atoms with Gasteiger partial charge in [0.1, 0.15) is 5.75 Å². The maximum atomic E-state index is 12.5. The molecule has 0 spiro atoms. The van der Waals surface area contributed by atoms with E-state index < -0.39 is 0 Å². The molecule has 1 aromatic rings. The van der Waals surface area contributed by atoms with Gasteiger partial charge in [0.2, 0.25) is 11.8 Å². The van der Waals surface area contributed by atoms with Gasteiger partial charge in [0.15, 0.2) is 0 Å². The van der Waals surface area contributed by atoms with Crippen LogP contribution < -0.4 is 4.74 Å². The summed E-state index contributed by atoms with van der Waals surface area (Å²) in [5.41, 5.74) is 2.24. The van der Waals surface area contributed by atoms with E-state index in [-0.39, 0.29) is 11.8 Å². The quantitative estimate of drug-likeness (QED) is 0.847. The molecule has 0 atom stereocenters. The number of benzene rings is 1. The van der Waals surface area contributed by atoms with E-state index in [1.807, 2.05) is 21.9 Å². The van der Waals surface area contributed by atoms with Crippen LogP contribution in [-0.4, -0.2) is 54.4 Å². The van der Waals surface area contributed by atoms with Gasteiger partial charge in [-0.15, -0.1) is 0 Å². The normalized spacial score (nSPS) is 17.0. The van der Waals surface area contributed by atoms with Crippen molar-refractivity contribution in [1.82, 2.24) is 9.80 Å². The average Bonchev–Trinajstić information content (AvgIpc) is 3.02. The van der Waals surface area contributed by atoms with E-state index in [4.69, 9.17) is 4.74 Å². The van der Waals surface area contributed by atoms with Crippen LogP contribution in [0.15, 0.2) is 18.2 Å². The molecule has 0 saturated carbocycles. The second-order valence-corrected chi connectivity index (χ2v) is 7.08. The Bertz CT molecular complexity index is 619. The fourth-order valence-corrected chi connectivity index (χ4v) is 3.32. The van der Waals surface area contributed by atoms with Crippen molar-refractivity contribution in [2.45, 2.75) is 33.1 Å². The van der Waals surface area contributed by atoms with Crippen LogP contribution in [0.3, 0.4) is 0 Å². The van der Waals surface area contributed by atoms with Gasteiger partial charge in [-0.3, -0.25) is 9.59 Å². The molecule has 130 valence electrons. The largest absolute Gasteiger partial charge is 0.493 e. The van der Waals surface area contributed by atoms with E-state index in [0.717, 1.165) is 24.3 Å². The molecule has 2 amide bonds. The van der Waals surface area contributed by atoms with Crippen molar-refractivity contribution in [2.75, 3.05) is 32.8 Å². The number of carbonyl (C=O) groups is 2. The van der Waals surface area contributed by atoms with Crippen molar-refractivity contribution in [2.24, 2.45) is 5.92 Å². The average molecular weight is 330 g/mol. The van der Waals surface area contributed by atoms with Crippen LogP contribution in [0.1, 0.15) is 31.4 Å². The third-order valence-corrected chi connectivity index (χ3v) is 4.68. The fraction of sp³-hybridized carbons (Fsp3) is 0.579. The Hall–Kier alpha value is -2.04. The van der Waals surface area contributed by atoms with Gasteiger partial charge >= 0.3 is 0 Å². The molecule has 0 aliphatic carbocycles. The number of carbonyl (C=O) groups excluding carboxylic acids is 2. The molecule has 1 fully saturated rings. The van der Waals surface area contributed by atoms with Crippen LogP contribution in [-0.2, 0) is 22.4 Å². The molecular weight excluding hydrogens is 304 g/mol. The highest BCUT2D eigenvalue weighted by Gasteiger charge is 2.24. The number of fused-ring (bicyclic) bond motifs is 1. The summed E-state index contributed by atoms with van der Waals surface area (Å²) in [5.74, 6) is 1.67. The number of hydrogen-bond acceptors (Lipinski definition) is 3. The van der Waals surface area contributed by atoms with Crippen LogP contribution in [0, 0.1) is 5.92 Å². The molecule has 2 aliphatic rings. The van der Waals surface area contributed by atoms with Gasteiger partial charge in [-0.1, -0.05) is 26.0 Å². The third-order valence-electron chi connectivity index (χ3n) is 4.68. The Kier molecular flexibility index (Phi) is 5.07. The first-order valence-corrected chi connectivity index (χ1v) is 8.83. The lowest BCUT2D eigenvalue weighted by molar-refractivity contribution is -0.139. The van der Waals surface area contributed by atoms with Gasteiger partial charge in [0.25, 0.3) is 0 Å².